The third-order valence-electron chi connectivity index (χ3n) is 5.92. The zero-order valence-electron chi connectivity index (χ0n) is 16.7. The van der Waals surface area contributed by atoms with Gasteiger partial charge in [0.05, 0.1) is 0 Å². The van der Waals surface area contributed by atoms with Gasteiger partial charge in [-0.15, -0.1) is 0 Å². The van der Waals surface area contributed by atoms with E-state index in [1.165, 1.54) is 10.1 Å². The third-order valence-corrected chi connectivity index (χ3v) is 5.92. The van der Waals surface area contributed by atoms with Crippen LogP contribution in [0.4, 0.5) is 0 Å². The molecule has 0 bridgehead atoms. The van der Waals surface area contributed by atoms with Crippen LogP contribution in [0.25, 0.3) is 0 Å². The molecule has 148 valence electrons. The van der Waals surface area contributed by atoms with E-state index >= 15 is 0 Å². The molecular weight excluding hydrogens is 356 g/mol. The summed E-state index contributed by atoms with van der Waals surface area (Å²) in [4.78, 5) is 27.4. The Morgan fingerprint density at radius 3 is 2.79 bits per heavy atom. The molecule has 0 radical (unpaired) electrons. The van der Waals surface area contributed by atoms with Gasteiger partial charge in [0.1, 0.15) is 5.56 Å². The highest BCUT2D eigenvalue weighted by molar-refractivity contribution is 5.94. The minimum atomic E-state index is -0.229. The largest absolute Gasteiger partial charge is 0.454 e. The second kappa shape index (κ2) is 7.00. The maximum absolute atomic E-state index is 13.1. The van der Waals surface area contributed by atoms with Gasteiger partial charge in [-0.05, 0) is 61.4 Å². The number of likely N-dealkylation sites (tertiary alicyclic amines) is 1. The lowest BCUT2D eigenvalue weighted by Crippen LogP contribution is -2.47. The lowest BCUT2D eigenvalue weighted by molar-refractivity contribution is 0.0548. The predicted octanol–water partition coefficient (Wildman–Crippen LogP) is 2.91. The van der Waals surface area contributed by atoms with E-state index < -0.39 is 0 Å². The second-order valence-electron chi connectivity index (χ2n) is 8.26. The highest BCUT2D eigenvalue weighted by Gasteiger charge is 2.34. The molecule has 4 rings (SSSR count). The van der Waals surface area contributed by atoms with E-state index in [1.807, 2.05) is 30.0 Å². The topological polar surface area (TPSA) is 60.8 Å². The molecule has 1 aromatic carbocycles. The van der Waals surface area contributed by atoms with Crippen molar-refractivity contribution in [2.45, 2.75) is 33.1 Å². The van der Waals surface area contributed by atoms with Crippen molar-refractivity contribution in [1.82, 2.24) is 9.47 Å². The van der Waals surface area contributed by atoms with E-state index in [9.17, 15) is 9.59 Å². The number of nitrogens with zero attached hydrogens (tertiary/aromatic N) is 2. The first-order valence-electron chi connectivity index (χ1n) is 9.71. The lowest BCUT2D eigenvalue weighted by atomic mass is 9.76. The summed E-state index contributed by atoms with van der Waals surface area (Å²) in [7, 11) is 1.70. The van der Waals surface area contributed by atoms with Gasteiger partial charge < -0.3 is 18.9 Å². The van der Waals surface area contributed by atoms with Crippen LogP contribution in [0.3, 0.4) is 0 Å². The number of rotatable bonds is 3. The molecule has 1 atom stereocenters. The number of ether oxygens (including phenoxy) is 2. The zero-order chi connectivity index (χ0) is 19.9. The van der Waals surface area contributed by atoms with Gasteiger partial charge in [0.2, 0.25) is 6.79 Å². The number of aryl methyl sites for hydroxylation is 1. The van der Waals surface area contributed by atoms with Crippen molar-refractivity contribution < 1.29 is 14.3 Å². The molecular formula is C22H26N2O4. The van der Waals surface area contributed by atoms with Crippen LogP contribution < -0.4 is 15.0 Å². The number of benzene rings is 1. The van der Waals surface area contributed by atoms with E-state index in [0.29, 0.717) is 13.1 Å². The maximum atomic E-state index is 13.1. The van der Waals surface area contributed by atoms with Gasteiger partial charge in [-0.2, -0.15) is 0 Å². The Morgan fingerprint density at radius 2 is 1.96 bits per heavy atom. The van der Waals surface area contributed by atoms with Crippen LogP contribution in [0.1, 0.15) is 41.4 Å². The average molecular weight is 382 g/mol. The Hall–Kier alpha value is -2.76. The van der Waals surface area contributed by atoms with Crippen LogP contribution in [0, 0.1) is 12.3 Å². The SMILES string of the molecule is Cc1ccc(C(=O)N2CCC[C@@](C)(Cc3ccc4c(c3)OCO4)C2)c(=O)n1C. The van der Waals surface area contributed by atoms with Crippen LogP contribution in [0.2, 0.25) is 0 Å². The van der Waals surface area contributed by atoms with Crippen molar-refractivity contribution in [1.29, 1.82) is 0 Å². The molecule has 28 heavy (non-hydrogen) atoms. The van der Waals surface area contributed by atoms with Crippen LogP contribution in [0.5, 0.6) is 11.5 Å². The molecule has 0 aliphatic carbocycles. The Kier molecular flexibility index (Phi) is 4.65. The Bertz CT molecular complexity index is 981. The second-order valence-corrected chi connectivity index (χ2v) is 8.26. The molecule has 0 saturated carbocycles. The minimum Gasteiger partial charge on any atom is -0.454 e. The molecule has 1 aromatic heterocycles. The number of piperidine rings is 1. The van der Waals surface area contributed by atoms with Gasteiger partial charge in [-0.1, -0.05) is 13.0 Å². The van der Waals surface area contributed by atoms with Gasteiger partial charge in [-0.25, -0.2) is 0 Å². The molecule has 6 nitrogen and oxygen atoms in total. The molecule has 0 unspecified atom stereocenters. The van der Waals surface area contributed by atoms with Crippen molar-refractivity contribution in [2.24, 2.45) is 12.5 Å². The van der Waals surface area contributed by atoms with Crippen molar-refractivity contribution in [3.63, 3.8) is 0 Å². The fraction of sp³-hybridized carbons (Fsp3) is 0.455. The number of carbonyl (C=O) groups excluding carboxylic acids is 1. The summed E-state index contributed by atoms with van der Waals surface area (Å²) in [6.45, 7) is 5.66. The summed E-state index contributed by atoms with van der Waals surface area (Å²) < 4.78 is 12.4. The van der Waals surface area contributed by atoms with Gasteiger partial charge >= 0.3 is 0 Å². The quantitative estimate of drug-likeness (QED) is 0.819. The van der Waals surface area contributed by atoms with Gasteiger partial charge in [0, 0.05) is 25.8 Å². The molecule has 3 heterocycles. The molecule has 6 heteroatoms. The Morgan fingerprint density at radius 1 is 1.18 bits per heavy atom. The maximum Gasteiger partial charge on any atom is 0.263 e. The number of carbonyl (C=O) groups is 1. The van der Waals surface area contributed by atoms with Crippen molar-refractivity contribution in [3.8, 4) is 11.5 Å². The van der Waals surface area contributed by atoms with Crippen molar-refractivity contribution >= 4 is 5.91 Å². The van der Waals surface area contributed by atoms with E-state index in [-0.39, 0.29) is 29.2 Å². The molecule has 0 N–H and O–H groups in total. The average Bonchev–Trinajstić information content (AvgIpc) is 3.13. The summed E-state index contributed by atoms with van der Waals surface area (Å²) >= 11 is 0. The highest BCUT2D eigenvalue weighted by Crippen LogP contribution is 2.37. The van der Waals surface area contributed by atoms with Crippen LogP contribution in [0.15, 0.2) is 35.1 Å². The number of hydrogen-bond acceptors (Lipinski definition) is 4. The summed E-state index contributed by atoms with van der Waals surface area (Å²) in [5, 5.41) is 0. The molecule has 1 amide bonds. The van der Waals surface area contributed by atoms with Gasteiger partial charge in [0.25, 0.3) is 11.5 Å². The first-order chi connectivity index (χ1) is 13.4. The van der Waals surface area contributed by atoms with Crippen LogP contribution >= 0.6 is 0 Å². The normalized spacial score (nSPS) is 21.0. The molecule has 2 aromatic rings. The molecule has 0 spiro atoms. The number of fused-ring (bicyclic) bond motifs is 1. The summed E-state index contributed by atoms with van der Waals surface area (Å²) in [5.74, 6) is 1.40. The molecule has 1 saturated heterocycles. The number of amides is 1. The summed E-state index contributed by atoms with van der Waals surface area (Å²) in [6.07, 6.45) is 2.81. The van der Waals surface area contributed by atoms with Gasteiger partial charge in [0.15, 0.2) is 11.5 Å². The summed E-state index contributed by atoms with van der Waals surface area (Å²) in [5.41, 5.74) is 1.99. The van der Waals surface area contributed by atoms with Crippen LogP contribution in [-0.2, 0) is 13.5 Å². The van der Waals surface area contributed by atoms with Crippen molar-refractivity contribution in [2.75, 3.05) is 19.9 Å². The standard InChI is InChI=1S/C22H26N2O4/c1-15-5-7-17(20(25)23(15)3)21(26)24-10-4-9-22(2,13-24)12-16-6-8-18-19(11-16)28-14-27-18/h5-8,11H,4,9-10,12-14H2,1-3H3/t22-/m0/s1. The fourth-order valence-electron chi connectivity index (χ4n) is 4.24. The van der Waals surface area contributed by atoms with Crippen LogP contribution in [-0.4, -0.2) is 35.3 Å². The lowest BCUT2D eigenvalue weighted by Gasteiger charge is -2.40. The fourth-order valence-corrected chi connectivity index (χ4v) is 4.24. The predicted molar refractivity (Wildman–Crippen MR) is 106 cm³/mol. The van der Waals surface area contributed by atoms with E-state index in [0.717, 1.165) is 36.5 Å². The number of pyridine rings is 1. The molecule has 2 aliphatic rings. The monoisotopic (exact) mass is 382 g/mol. The zero-order valence-corrected chi connectivity index (χ0v) is 16.7. The first kappa shape index (κ1) is 18.6. The highest BCUT2D eigenvalue weighted by atomic mass is 16.7. The van der Waals surface area contributed by atoms with E-state index in [4.69, 9.17) is 9.47 Å². The summed E-state index contributed by atoms with van der Waals surface area (Å²) in [6, 6.07) is 9.52. The minimum absolute atomic E-state index is 0.0441. The number of aromatic nitrogens is 1. The Labute approximate surface area is 164 Å². The van der Waals surface area contributed by atoms with E-state index in [1.54, 1.807) is 13.1 Å². The van der Waals surface area contributed by atoms with Crippen molar-refractivity contribution in [3.05, 3.63) is 57.5 Å². The third kappa shape index (κ3) is 3.39. The Balaban J connectivity index is 1.53. The molecule has 2 aliphatic heterocycles. The van der Waals surface area contributed by atoms with E-state index in [2.05, 4.69) is 13.0 Å². The smallest absolute Gasteiger partial charge is 0.263 e. The number of hydrogen-bond donors (Lipinski definition) is 0. The van der Waals surface area contributed by atoms with Gasteiger partial charge in [-0.3, -0.25) is 9.59 Å². The molecule has 1 fully saturated rings. The first-order valence-corrected chi connectivity index (χ1v) is 9.71.